The number of ether oxygens (including phenoxy) is 2. The lowest BCUT2D eigenvalue weighted by atomic mass is 10.1. The molecule has 0 atom stereocenters. The summed E-state index contributed by atoms with van der Waals surface area (Å²) in [6.07, 6.45) is 8.91. The SMILES string of the molecule is COc1ccccc1/C=C\CCCCCOc1ccccc1. The predicted molar refractivity (Wildman–Crippen MR) is 92.4 cm³/mol. The Hall–Kier alpha value is -2.22. The molecule has 0 spiro atoms. The Morgan fingerprint density at radius 2 is 1.64 bits per heavy atom. The second kappa shape index (κ2) is 9.67. The molecule has 0 unspecified atom stereocenters. The second-order valence-electron chi connectivity index (χ2n) is 5.16. The van der Waals surface area contributed by atoms with Gasteiger partial charge < -0.3 is 9.47 Å². The molecule has 0 aliphatic carbocycles. The van der Waals surface area contributed by atoms with Crippen molar-refractivity contribution in [3.05, 3.63) is 66.2 Å². The number of para-hydroxylation sites is 2. The molecule has 0 aromatic heterocycles. The van der Waals surface area contributed by atoms with Crippen molar-refractivity contribution in [1.29, 1.82) is 0 Å². The highest BCUT2D eigenvalue weighted by Gasteiger charge is 1.96. The molecular formula is C20H24O2. The highest BCUT2D eigenvalue weighted by molar-refractivity contribution is 5.56. The van der Waals surface area contributed by atoms with Crippen molar-refractivity contribution in [3.63, 3.8) is 0 Å². The van der Waals surface area contributed by atoms with Crippen LogP contribution in [0.2, 0.25) is 0 Å². The van der Waals surface area contributed by atoms with Crippen molar-refractivity contribution in [3.8, 4) is 11.5 Å². The maximum absolute atomic E-state index is 5.68. The predicted octanol–water partition coefficient (Wildman–Crippen LogP) is 5.35. The molecular weight excluding hydrogens is 272 g/mol. The molecule has 0 bridgehead atoms. The van der Waals surface area contributed by atoms with Crippen LogP contribution in [0.5, 0.6) is 11.5 Å². The molecule has 2 rings (SSSR count). The average molecular weight is 296 g/mol. The second-order valence-corrected chi connectivity index (χ2v) is 5.16. The normalized spacial score (nSPS) is 10.8. The summed E-state index contributed by atoms with van der Waals surface area (Å²) in [5.74, 6) is 1.88. The maximum atomic E-state index is 5.68. The third-order valence-corrected chi connectivity index (χ3v) is 3.46. The highest BCUT2D eigenvalue weighted by Crippen LogP contribution is 2.19. The van der Waals surface area contributed by atoms with Crippen LogP contribution in [0.4, 0.5) is 0 Å². The van der Waals surface area contributed by atoms with E-state index in [1.807, 2.05) is 48.5 Å². The minimum Gasteiger partial charge on any atom is -0.496 e. The Morgan fingerprint density at radius 1 is 0.864 bits per heavy atom. The largest absolute Gasteiger partial charge is 0.496 e. The van der Waals surface area contributed by atoms with Crippen molar-refractivity contribution in [2.24, 2.45) is 0 Å². The van der Waals surface area contributed by atoms with Crippen molar-refractivity contribution in [2.75, 3.05) is 13.7 Å². The fraction of sp³-hybridized carbons (Fsp3) is 0.300. The van der Waals surface area contributed by atoms with E-state index in [1.165, 1.54) is 12.8 Å². The van der Waals surface area contributed by atoms with E-state index in [4.69, 9.17) is 9.47 Å². The van der Waals surface area contributed by atoms with Gasteiger partial charge in [0, 0.05) is 5.56 Å². The lowest BCUT2D eigenvalue weighted by Crippen LogP contribution is -1.96. The van der Waals surface area contributed by atoms with Crippen LogP contribution >= 0.6 is 0 Å². The lowest BCUT2D eigenvalue weighted by Gasteiger charge is -2.05. The smallest absolute Gasteiger partial charge is 0.126 e. The van der Waals surface area contributed by atoms with Gasteiger partial charge in [0.15, 0.2) is 0 Å². The summed E-state index contributed by atoms with van der Waals surface area (Å²) in [7, 11) is 1.71. The molecule has 2 aromatic rings. The first kappa shape index (κ1) is 16.2. The molecule has 0 fully saturated rings. The van der Waals surface area contributed by atoms with Crippen molar-refractivity contribution in [1.82, 2.24) is 0 Å². The average Bonchev–Trinajstić information content (AvgIpc) is 2.58. The Morgan fingerprint density at radius 3 is 2.45 bits per heavy atom. The van der Waals surface area contributed by atoms with E-state index in [0.29, 0.717) is 0 Å². The maximum Gasteiger partial charge on any atom is 0.126 e. The van der Waals surface area contributed by atoms with Crippen LogP contribution < -0.4 is 9.47 Å². The van der Waals surface area contributed by atoms with E-state index in [0.717, 1.165) is 36.5 Å². The number of unbranched alkanes of at least 4 members (excludes halogenated alkanes) is 3. The molecule has 0 amide bonds. The van der Waals surface area contributed by atoms with Crippen LogP contribution in [0, 0.1) is 0 Å². The van der Waals surface area contributed by atoms with Crippen LogP contribution in [-0.4, -0.2) is 13.7 Å². The van der Waals surface area contributed by atoms with Gasteiger partial charge in [-0.25, -0.2) is 0 Å². The Bertz CT molecular complexity index is 561. The topological polar surface area (TPSA) is 18.5 Å². The Labute approximate surface area is 133 Å². The van der Waals surface area contributed by atoms with E-state index < -0.39 is 0 Å². The molecule has 0 radical (unpaired) electrons. The minimum atomic E-state index is 0.792. The number of hydrogen-bond donors (Lipinski definition) is 0. The van der Waals surface area contributed by atoms with E-state index in [9.17, 15) is 0 Å². The fourth-order valence-electron chi connectivity index (χ4n) is 2.26. The quantitative estimate of drug-likeness (QED) is 0.581. The summed E-state index contributed by atoms with van der Waals surface area (Å²) in [4.78, 5) is 0. The molecule has 2 heteroatoms. The summed E-state index contributed by atoms with van der Waals surface area (Å²) < 4.78 is 11.0. The molecule has 22 heavy (non-hydrogen) atoms. The molecule has 0 aliphatic heterocycles. The molecule has 0 heterocycles. The van der Waals surface area contributed by atoms with Gasteiger partial charge in [-0.1, -0.05) is 48.6 Å². The van der Waals surface area contributed by atoms with Gasteiger partial charge >= 0.3 is 0 Å². The number of hydrogen-bond acceptors (Lipinski definition) is 2. The summed E-state index contributed by atoms with van der Waals surface area (Å²) in [6, 6.07) is 18.1. The van der Waals surface area contributed by atoms with Gasteiger partial charge in [-0.3, -0.25) is 0 Å². The number of allylic oxidation sites excluding steroid dienone is 1. The third kappa shape index (κ3) is 5.65. The molecule has 0 N–H and O–H groups in total. The summed E-state index contributed by atoms with van der Waals surface area (Å²) in [5.41, 5.74) is 1.14. The number of rotatable bonds is 9. The van der Waals surface area contributed by atoms with Crippen LogP contribution in [0.15, 0.2) is 60.7 Å². The van der Waals surface area contributed by atoms with Crippen molar-refractivity contribution < 1.29 is 9.47 Å². The fourth-order valence-corrected chi connectivity index (χ4v) is 2.26. The van der Waals surface area contributed by atoms with Gasteiger partial charge in [0.25, 0.3) is 0 Å². The van der Waals surface area contributed by atoms with Gasteiger partial charge in [0.2, 0.25) is 0 Å². The molecule has 116 valence electrons. The standard InChI is InChI=1S/C20H24O2/c1-21-20-16-10-9-13-18(20)12-6-3-2-4-11-17-22-19-14-7-5-8-15-19/h5-10,12-16H,2-4,11,17H2,1H3/b12-6-. The number of benzene rings is 2. The van der Waals surface area contributed by atoms with Gasteiger partial charge in [-0.05, 0) is 43.9 Å². The van der Waals surface area contributed by atoms with Crippen molar-refractivity contribution in [2.45, 2.75) is 25.7 Å². The van der Waals surface area contributed by atoms with Crippen LogP contribution in [0.1, 0.15) is 31.2 Å². The van der Waals surface area contributed by atoms with E-state index in [-0.39, 0.29) is 0 Å². The first-order valence-electron chi connectivity index (χ1n) is 7.87. The van der Waals surface area contributed by atoms with E-state index >= 15 is 0 Å². The molecule has 0 aliphatic rings. The van der Waals surface area contributed by atoms with Crippen molar-refractivity contribution >= 4 is 6.08 Å². The monoisotopic (exact) mass is 296 g/mol. The highest BCUT2D eigenvalue weighted by atomic mass is 16.5. The summed E-state index contributed by atoms with van der Waals surface area (Å²) in [6.45, 7) is 0.792. The van der Waals surface area contributed by atoms with Crippen LogP contribution in [0.25, 0.3) is 6.08 Å². The first-order valence-corrected chi connectivity index (χ1v) is 7.87. The third-order valence-electron chi connectivity index (χ3n) is 3.46. The Balaban J connectivity index is 1.58. The number of methoxy groups -OCH3 is 1. The van der Waals surface area contributed by atoms with Gasteiger partial charge in [-0.2, -0.15) is 0 Å². The van der Waals surface area contributed by atoms with Crippen LogP contribution in [-0.2, 0) is 0 Å². The van der Waals surface area contributed by atoms with Gasteiger partial charge in [0.1, 0.15) is 11.5 Å². The van der Waals surface area contributed by atoms with Gasteiger partial charge in [-0.15, -0.1) is 0 Å². The molecule has 2 nitrogen and oxygen atoms in total. The molecule has 2 aromatic carbocycles. The molecule has 0 saturated heterocycles. The zero-order chi connectivity index (χ0) is 15.5. The van der Waals surface area contributed by atoms with E-state index in [1.54, 1.807) is 7.11 Å². The van der Waals surface area contributed by atoms with Crippen LogP contribution in [0.3, 0.4) is 0 Å². The minimum absolute atomic E-state index is 0.792. The van der Waals surface area contributed by atoms with Gasteiger partial charge in [0.05, 0.1) is 13.7 Å². The van der Waals surface area contributed by atoms with E-state index in [2.05, 4.69) is 18.2 Å². The first-order chi connectivity index (χ1) is 10.9. The zero-order valence-electron chi connectivity index (χ0n) is 13.2. The zero-order valence-corrected chi connectivity index (χ0v) is 13.2. The Kier molecular flexibility index (Phi) is 7.10. The molecule has 0 saturated carbocycles. The lowest BCUT2D eigenvalue weighted by molar-refractivity contribution is 0.305. The summed E-state index contributed by atoms with van der Waals surface area (Å²) in [5, 5.41) is 0. The summed E-state index contributed by atoms with van der Waals surface area (Å²) >= 11 is 0.